The number of halogens is 2. The lowest BCUT2D eigenvalue weighted by atomic mass is 9.95. The number of H-pyrrole nitrogens is 1. The molecule has 0 fully saturated rings. The number of aliphatic hydroxyl groups excluding tert-OH is 1. The van der Waals surface area contributed by atoms with Crippen molar-refractivity contribution in [3.63, 3.8) is 0 Å². The Kier molecular flexibility index (Phi) is 5.20. The molecule has 1 aromatic heterocycles. The van der Waals surface area contributed by atoms with E-state index in [0.717, 1.165) is 0 Å². The van der Waals surface area contributed by atoms with Gasteiger partial charge in [0.2, 0.25) is 0 Å². The van der Waals surface area contributed by atoms with Gasteiger partial charge < -0.3 is 20.1 Å². The van der Waals surface area contributed by atoms with Gasteiger partial charge in [-0.1, -0.05) is 13.0 Å². The van der Waals surface area contributed by atoms with Gasteiger partial charge in [-0.05, 0) is 38.0 Å². The molecule has 7 heteroatoms. The molecule has 0 aliphatic rings. The molecular formula is C16H20F2N2O3. The van der Waals surface area contributed by atoms with Crippen LogP contribution in [0.5, 0.6) is 5.75 Å². The van der Waals surface area contributed by atoms with Gasteiger partial charge in [0, 0.05) is 23.0 Å². The van der Waals surface area contributed by atoms with Gasteiger partial charge in [0.25, 0.3) is 5.91 Å². The molecule has 1 atom stereocenters. The third kappa shape index (κ3) is 3.98. The maximum absolute atomic E-state index is 12.4. The van der Waals surface area contributed by atoms with Crippen LogP contribution in [0.3, 0.4) is 0 Å². The number of carbonyl (C=O) groups is 1. The molecule has 126 valence electrons. The van der Waals surface area contributed by atoms with Crippen molar-refractivity contribution in [2.24, 2.45) is 0 Å². The fraction of sp³-hybridized carbons (Fsp3) is 0.438. The second-order valence-electron chi connectivity index (χ2n) is 5.62. The predicted molar refractivity (Wildman–Crippen MR) is 82.8 cm³/mol. The van der Waals surface area contributed by atoms with E-state index in [1.165, 1.54) is 12.1 Å². The van der Waals surface area contributed by atoms with E-state index in [4.69, 9.17) is 5.11 Å². The normalized spacial score (nSPS) is 14.0. The summed E-state index contributed by atoms with van der Waals surface area (Å²) in [6.45, 7) is 0.787. The second kappa shape index (κ2) is 6.95. The molecule has 0 radical (unpaired) electrons. The van der Waals surface area contributed by atoms with Gasteiger partial charge in [0.15, 0.2) is 0 Å². The highest BCUT2D eigenvalue weighted by atomic mass is 19.3. The average molecular weight is 326 g/mol. The number of rotatable bonds is 7. The Balaban J connectivity index is 2.28. The van der Waals surface area contributed by atoms with Crippen LogP contribution in [0.4, 0.5) is 8.78 Å². The van der Waals surface area contributed by atoms with Gasteiger partial charge in [-0.3, -0.25) is 4.79 Å². The third-order valence-electron chi connectivity index (χ3n) is 3.94. The fourth-order valence-electron chi connectivity index (χ4n) is 2.36. The van der Waals surface area contributed by atoms with E-state index in [0.29, 0.717) is 23.7 Å². The number of fused-ring (bicyclic) bond motifs is 1. The predicted octanol–water partition coefficient (Wildman–Crippen LogP) is 3.05. The number of carbonyl (C=O) groups excluding carboxylic acids is 1. The topological polar surface area (TPSA) is 74.3 Å². The lowest BCUT2D eigenvalue weighted by molar-refractivity contribution is -0.0487. The van der Waals surface area contributed by atoms with Crippen LogP contribution in [0.1, 0.15) is 37.2 Å². The highest BCUT2D eigenvalue weighted by molar-refractivity contribution is 6.00. The zero-order valence-corrected chi connectivity index (χ0v) is 13.0. The largest absolute Gasteiger partial charge is 0.434 e. The summed E-state index contributed by atoms with van der Waals surface area (Å²) in [4.78, 5) is 15.3. The molecule has 1 heterocycles. The molecule has 1 unspecified atom stereocenters. The first-order chi connectivity index (χ1) is 10.9. The van der Waals surface area contributed by atoms with E-state index in [9.17, 15) is 13.6 Å². The number of amides is 1. The zero-order valence-electron chi connectivity index (χ0n) is 13.0. The molecule has 1 aromatic carbocycles. The van der Waals surface area contributed by atoms with Gasteiger partial charge in [0.1, 0.15) is 11.4 Å². The lowest BCUT2D eigenvalue weighted by Crippen LogP contribution is -2.46. The van der Waals surface area contributed by atoms with E-state index in [1.54, 1.807) is 12.1 Å². The molecule has 3 N–H and O–H groups in total. The van der Waals surface area contributed by atoms with Gasteiger partial charge >= 0.3 is 6.61 Å². The monoisotopic (exact) mass is 326 g/mol. The fourth-order valence-corrected chi connectivity index (χ4v) is 2.36. The molecule has 2 rings (SSSR count). The van der Waals surface area contributed by atoms with Gasteiger partial charge in [-0.25, -0.2) is 0 Å². The van der Waals surface area contributed by atoms with Gasteiger partial charge in [-0.15, -0.1) is 0 Å². The first-order valence-electron chi connectivity index (χ1n) is 7.38. The minimum absolute atomic E-state index is 0.0152. The number of nitrogens with one attached hydrogen (secondary N) is 2. The van der Waals surface area contributed by atoms with Crippen molar-refractivity contribution in [1.29, 1.82) is 0 Å². The Hall–Kier alpha value is -2.15. The van der Waals surface area contributed by atoms with Crippen molar-refractivity contribution in [1.82, 2.24) is 10.3 Å². The minimum Gasteiger partial charge on any atom is -0.434 e. The summed E-state index contributed by atoms with van der Waals surface area (Å²) in [6, 6.07) is 6.15. The first-order valence-corrected chi connectivity index (χ1v) is 7.38. The van der Waals surface area contributed by atoms with E-state index < -0.39 is 12.2 Å². The average Bonchev–Trinajstić information content (AvgIpc) is 2.92. The maximum Gasteiger partial charge on any atom is 0.387 e. The van der Waals surface area contributed by atoms with E-state index in [2.05, 4.69) is 15.0 Å². The standard InChI is InChI=1S/C16H20F2N2O3/c1-3-16(2,7-8-21)20-14(22)12-9-10-11(19-12)5-4-6-13(10)23-15(17)18/h4-6,9,15,19,21H,3,7-8H2,1-2H3,(H,20,22). The number of aromatic nitrogens is 1. The van der Waals surface area contributed by atoms with Crippen LogP contribution in [0.15, 0.2) is 24.3 Å². The summed E-state index contributed by atoms with van der Waals surface area (Å²) in [5.74, 6) is -0.344. The molecule has 0 bridgehead atoms. The number of aliphatic hydroxyl groups is 1. The SMILES string of the molecule is CCC(C)(CCO)NC(=O)c1cc2c(OC(F)F)cccc2[nH]1. The molecular weight excluding hydrogens is 306 g/mol. The Labute approximate surface area is 132 Å². The molecule has 5 nitrogen and oxygen atoms in total. The van der Waals surface area contributed by atoms with Crippen molar-refractivity contribution in [3.05, 3.63) is 30.0 Å². The molecule has 0 spiro atoms. The van der Waals surface area contributed by atoms with Gasteiger partial charge in [0.05, 0.1) is 0 Å². The van der Waals surface area contributed by atoms with Crippen molar-refractivity contribution in [3.8, 4) is 5.75 Å². The van der Waals surface area contributed by atoms with Crippen LogP contribution in [-0.4, -0.2) is 34.8 Å². The Morgan fingerprint density at radius 1 is 1.48 bits per heavy atom. The van der Waals surface area contributed by atoms with Gasteiger partial charge in [-0.2, -0.15) is 8.78 Å². The van der Waals surface area contributed by atoms with Crippen molar-refractivity contribution in [2.75, 3.05) is 6.61 Å². The number of hydrogen-bond acceptors (Lipinski definition) is 3. The van der Waals surface area contributed by atoms with E-state index >= 15 is 0 Å². The number of ether oxygens (including phenoxy) is 1. The van der Waals surface area contributed by atoms with Crippen LogP contribution in [0.2, 0.25) is 0 Å². The molecule has 0 aliphatic heterocycles. The second-order valence-corrected chi connectivity index (χ2v) is 5.62. The zero-order chi connectivity index (χ0) is 17.0. The smallest absolute Gasteiger partial charge is 0.387 e. The van der Waals surface area contributed by atoms with Crippen molar-refractivity contribution < 1.29 is 23.4 Å². The van der Waals surface area contributed by atoms with Crippen LogP contribution in [-0.2, 0) is 0 Å². The number of alkyl halides is 2. The highest BCUT2D eigenvalue weighted by Gasteiger charge is 2.25. The summed E-state index contributed by atoms with van der Waals surface area (Å²) in [5.41, 5.74) is 0.252. The highest BCUT2D eigenvalue weighted by Crippen LogP contribution is 2.28. The summed E-state index contributed by atoms with van der Waals surface area (Å²) >= 11 is 0. The number of hydrogen-bond donors (Lipinski definition) is 3. The van der Waals surface area contributed by atoms with Crippen molar-refractivity contribution >= 4 is 16.8 Å². The van der Waals surface area contributed by atoms with Crippen LogP contribution in [0.25, 0.3) is 10.9 Å². The summed E-state index contributed by atoms with van der Waals surface area (Å²) < 4.78 is 29.3. The van der Waals surface area contributed by atoms with Crippen LogP contribution >= 0.6 is 0 Å². The summed E-state index contributed by atoms with van der Waals surface area (Å²) in [7, 11) is 0. The van der Waals surface area contributed by atoms with E-state index in [-0.39, 0.29) is 24.0 Å². The quantitative estimate of drug-likeness (QED) is 0.732. The molecule has 23 heavy (non-hydrogen) atoms. The van der Waals surface area contributed by atoms with E-state index in [1.807, 2.05) is 13.8 Å². The molecule has 0 saturated carbocycles. The maximum atomic E-state index is 12.4. The molecule has 0 aliphatic carbocycles. The lowest BCUT2D eigenvalue weighted by Gasteiger charge is -2.28. The Morgan fingerprint density at radius 2 is 2.22 bits per heavy atom. The summed E-state index contributed by atoms with van der Waals surface area (Å²) in [6.07, 6.45) is 1.08. The number of benzene rings is 1. The molecule has 1 amide bonds. The Bertz CT molecular complexity index is 687. The van der Waals surface area contributed by atoms with Crippen molar-refractivity contribution in [2.45, 2.75) is 38.8 Å². The van der Waals surface area contributed by atoms with Crippen LogP contribution in [0, 0.1) is 0 Å². The molecule has 2 aromatic rings. The first kappa shape index (κ1) is 17.2. The molecule has 0 saturated heterocycles. The Morgan fingerprint density at radius 3 is 2.83 bits per heavy atom. The van der Waals surface area contributed by atoms with Crippen LogP contribution < -0.4 is 10.1 Å². The summed E-state index contributed by atoms with van der Waals surface area (Å²) in [5, 5.41) is 12.4. The third-order valence-corrected chi connectivity index (χ3v) is 3.94. The number of aromatic amines is 1. The minimum atomic E-state index is -2.93.